The van der Waals surface area contributed by atoms with Gasteiger partial charge in [-0.15, -0.1) is 0 Å². The molecule has 0 aliphatic rings. The summed E-state index contributed by atoms with van der Waals surface area (Å²) in [5.74, 6) is 0. The highest BCUT2D eigenvalue weighted by Gasteiger charge is 2.22. The standard InChI is InChI=1S/C19H27N3O4/c1-19(2,3)22-12-15(11-21-22)17(24)16(23)9-10-20-18(25)26-13-14-7-5-4-6-8-14/h4-8,11-12,16-17,23-24H,9-10,13H2,1-3H3,(H,20,25). The number of hydrogen-bond donors (Lipinski definition) is 3. The van der Waals surface area contributed by atoms with Crippen LogP contribution in [-0.2, 0) is 16.9 Å². The lowest BCUT2D eigenvalue weighted by atomic mass is 10.1. The lowest BCUT2D eigenvalue weighted by Crippen LogP contribution is -2.29. The number of aliphatic hydroxyl groups is 2. The fraction of sp³-hybridized carbons (Fsp3) is 0.474. The van der Waals surface area contributed by atoms with E-state index in [4.69, 9.17) is 4.74 Å². The second-order valence-corrected chi connectivity index (χ2v) is 7.18. The Balaban J connectivity index is 1.73. The van der Waals surface area contributed by atoms with Crippen LogP contribution in [0.5, 0.6) is 0 Å². The van der Waals surface area contributed by atoms with E-state index in [1.165, 1.54) is 0 Å². The first-order valence-corrected chi connectivity index (χ1v) is 8.63. The van der Waals surface area contributed by atoms with Gasteiger partial charge in [0.05, 0.1) is 17.8 Å². The molecule has 7 nitrogen and oxygen atoms in total. The van der Waals surface area contributed by atoms with Gasteiger partial charge in [-0.25, -0.2) is 4.79 Å². The molecule has 0 radical (unpaired) electrons. The highest BCUT2D eigenvalue weighted by molar-refractivity contribution is 5.67. The number of benzene rings is 1. The molecule has 0 aliphatic heterocycles. The molecule has 1 aromatic heterocycles. The second-order valence-electron chi connectivity index (χ2n) is 7.18. The lowest BCUT2D eigenvalue weighted by Gasteiger charge is -2.20. The van der Waals surface area contributed by atoms with Gasteiger partial charge in [-0.2, -0.15) is 5.10 Å². The first kappa shape index (κ1) is 19.9. The van der Waals surface area contributed by atoms with Crippen molar-refractivity contribution in [1.82, 2.24) is 15.1 Å². The molecule has 0 bridgehead atoms. The normalized spacial score (nSPS) is 13.9. The minimum atomic E-state index is -1.06. The molecule has 1 aromatic carbocycles. The van der Waals surface area contributed by atoms with Crippen LogP contribution < -0.4 is 5.32 Å². The smallest absolute Gasteiger partial charge is 0.407 e. The fourth-order valence-electron chi connectivity index (χ4n) is 2.33. The predicted octanol–water partition coefficient (Wildman–Crippen LogP) is 2.35. The van der Waals surface area contributed by atoms with Gasteiger partial charge in [0.25, 0.3) is 0 Å². The van der Waals surface area contributed by atoms with Crippen molar-refractivity contribution in [1.29, 1.82) is 0 Å². The summed E-state index contributed by atoms with van der Waals surface area (Å²) in [6.45, 7) is 6.37. The van der Waals surface area contributed by atoms with Crippen LogP contribution in [0.3, 0.4) is 0 Å². The topological polar surface area (TPSA) is 96.6 Å². The lowest BCUT2D eigenvalue weighted by molar-refractivity contribution is 0.0135. The SMILES string of the molecule is CC(C)(C)n1cc(C(O)C(O)CCNC(=O)OCc2ccccc2)cn1. The number of aromatic nitrogens is 2. The van der Waals surface area contributed by atoms with Crippen molar-refractivity contribution in [2.45, 2.75) is 51.5 Å². The van der Waals surface area contributed by atoms with Crippen LogP contribution in [-0.4, -0.2) is 38.7 Å². The molecule has 0 saturated heterocycles. The Kier molecular flexibility index (Phi) is 6.76. The van der Waals surface area contributed by atoms with Crippen molar-refractivity contribution in [3.8, 4) is 0 Å². The molecule has 0 aliphatic carbocycles. The Morgan fingerprint density at radius 3 is 2.58 bits per heavy atom. The maximum Gasteiger partial charge on any atom is 0.407 e. The van der Waals surface area contributed by atoms with Crippen LogP contribution >= 0.6 is 0 Å². The van der Waals surface area contributed by atoms with Crippen LogP contribution in [0.4, 0.5) is 4.79 Å². The van der Waals surface area contributed by atoms with Crippen molar-refractivity contribution in [2.24, 2.45) is 0 Å². The quantitative estimate of drug-likeness (QED) is 0.703. The molecule has 3 N–H and O–H groups in total. The van der Waals surface area contributed by atoms with E-state index in [0.717, 1.165) is 5.56 Å². The summed E-state index contributed by atoms with van der Waals surface area (Å²) >= 11 is 0. The van der Waals surface area contributed by atoms with Gasteiger partial charge in [-0.1, -0.05) is 30.3 Å². The van der Waals surface area contributed by atoms with Gasteiger partial charge >= 0.3 is 6.09 Å². The number of nitrogens with zero attached hydrogens (tertiary/aromatic N) is 2. The summed E-state index contributed by atoms with van der Waals surface area (Å²) in [4.78, 5) is 11.7. The van der Waals surface area contributed by atoms with E-state index in [0.29, 0.717) is 5.56 Å². The van der Waals surface area contributed by atoms with E-state index in [-0.39, 0.29) is 25.1 Å². The number of ether oxygens (including phenoxy) is 1. The number of nitrogens with one attached hydrogen (secondary N) is 1. The minimum Gasteiger partial charge on any atom is -0.445 e. The van der Waals surface area contributed by atoms with Gasteiger partial charge in [0.2, 0.25) is 0 Å². The maximum absolute atomic E-state index is 11.7. The molecule has 1 heterocycles. The summed E-state index contributed by atoms with van der Waals surface area (Å²) in [6.07, 6.45) is 0.824. The Morgan fingerprint density at radius 2 is 1.96 bits per heavy atom. The summed E-state index contributed by atoms with van der Waals surface area (Å²) in [6, 6.07) is 9.37. The summed E-state index contributed by atoms with van der Waals surface area (Å²) in [7, 11) is 0. The second kappa shape index (κ2) is 8.82. The number of aliphatic hydroxyl groups excluding tert-OH is 2. The third-order valence-corrected chi connectivity index (χ3v) is 3.92. The van der Waals surface area contributed by atoms with Crippen LogP contribution in [0.1, 0.15) is 44.4 Å². The zero-order chi connectivity index (χ0) is 19.2. The van der Waals surface area contributed by atoms with Crippen molar-refractivity contribution < 1.29 is 19.7 Å². The zero-order valence-corrected chi connectivity index (χ0v) is 15.4. The summed E-state index contributed by atoms with van der Waals surface area (Å²) < 4.78 is 6.82. The largest absolute Gasteiger partial charge is 0.445 e. The molecule has 2 rings (SSSR count). The number of amides is 1. The number of hydrogen-bond acceptors (Lipinski definition) is 5. The molecule has 0 saturated carbocycles. The van der Waals surface area contributed by atoms with Crippen LogP contribution in [0.15, 0.2) is 42.7 Å². The molecule has 142 valence electrons. The molecule has 2 aromatic rings. The third kappa shape index (κ3) is 5.86. The van der Waals surface area contributed by atoms with Gasteiger partial charge in [0.1, 0.15) is 12.7 Å². The molecule has 26 heavy (non-hydrogen) atoms. The third-order valence-electron chi connectivity index (χ3n) is 3.92. The van der Waals surface area contributed by atoms with E-state index in [1.54, 1.807) is 17.1 Å². The number of alkyl carbamates (subject to hydrolysis) is 1. The van der Waals surface area contributed by atoms with Crippen molar-refractivity contribution in [3.05, 3.63) is 53.9 Å². The number of carbonyl (C=O) groups excluding carboxylic acids is 1. The van der Waals surface area contributed by atoms with E-state index in [9.17, 15) is 15.0 Å². The molecule has 2 unspecified atom stereocenters. The van der Waals surface area contributed by atoms with Gasteiger partial charge in [-0.05, 0) is 32.8 Å². The molecule has 7 heteroatoms. The van der Waals surface area contributed by atoms with E-state index < -0.39 is 18.3 Å². The monoisotopic (exact) mass is 361 g/mol. The molecular weight excluding hydrogens is 334 g/mol. The van der Waals surface area contributed by atoms with Crippen LogP contribution in [0.25, 0.3) is 0 Å². The Hall–Kier alpha value is -2.38. The van der Waals surface area contributed by atoms with Gasteiger partial charge in [-0.3, -0.25) is 4.68 Å². The van der Waals surface area contributed by atoms with Crippen molar-refractivity contribution >= 4 is 6.09 Å². The summed E-state index contributed by atoms with van der Waals surface area (Å²) in [5.41, 5.74) is 1.24. The Morgan fingerprint density at radius 1 is 1.27 bits per heavy atom. The highest BCUT2D eigenvalue weighted by Crippen LogP contribution is 2.21. The Labute approximate surface area is 153 Å². The average molecular weight is 361 g/mol. The average Bonchev–Trinajstić information content (AvgIpc) is 3.10. The van der Waals surface area contributed by atoms with Crippen molar-refractivity contribution in [2.75, 3.05) is 6.54 Å². The fourth-order valence-corrected chi connectivity index (χ4v) is 2.33. The maximum atomic E-state index is 11.7. The predicted molar refractivity (Wildman–Crippen MR) is 97.4 cm³/mol. The van der Waals surface area contributed by atoms with Gasteiger partial charge in [0.15, 0.2) is 0 Å². The van der Waals surface area contributed by atoms with Crippen LogP contribution in [0.2, 0.25) is 0 Å². The van der Waals surface area contributed by atoms with Gasteiger partial charge < -0.3 is 20.3 Å². The zero-order valence-electron chi connectivity index (χ0n) is 15.4. The molecule has 0 fully saturated rings. The Bertz CT molecular complexity index is 694. The first-order valence-electron chi connectivity index (χ1n) is 8.63. The van der Waals surface area contributed by atoms with Crippen molar-refractivity contribution in [3.63, 3.8) is 0 Å². The molecular formula is C19H27N3O4. The molecule has 2 atom stereocenters. The van der Waals surface area contributed by atoms with Gasteiger partial charge in [0, 0.05) is 18.3 Å². The number of rotatable bonds is 7. The minimum absolute atomic E-state index is 0.184. The molecule has 0 spiro atoms. The molecule has 1 amide bonds. The van der Waals surface area contributed by atoms with E-state index in [2.05, 4.69) is 10.4 Å². The first-order chi connectivity index (χ1) is 12.3. The van der Waals surface area contributed by atoms with E-state index in [1.807, 2.05) is 51.1 Å². The summed E-state index contributed by atoms with van der Waals surface area (Å²) in [5, 5.41) is 27.1. The highest BCUT2D eigenvalue weighted by atomic mass is 16.5. The number of carbonyl (C=O) groups is 1. The van der Waals surface area contributed by atoms with Crippen LogP contribution in [0, 0.1) is 0 Å². The van der Waals surface area contributed by atoms with E-state index >= 15 is 0 Å².